The Kier molecular flexibility index (Phi) is 7.32. The van der Waals surface area contributed by atoms with Crippen LogP contribution in [0.5, 0.6) is 11.5 Å². The van der Waals surface area contributed by atoms with Crippen LogP contribution in [0.15, 0.2) is 47.5 Å². The zero-order valence-electron chi connectivity index (χ0n) is 19.3. The molecule has 3 heteroatoms. The maximum atomic E-state index is 9.64. The van der Waals surface area contributed by atoms with Gasteiger partial charge in [-0.3, -0.25) is 0 Å². The Bertz CT molecular complexity index is 964. The Morgan fingerprint density at radius 1 is 0.781 bits per heavy atom. The molecule has 3 nitrogen and oxygen atoms in total. The third-order valence-corrected chi connectivity index (χ3v) is 6.82. The van der Waals surface area contributed by atoms with Gasteiger partial charge in [-0.25, -0.2) is 0 Å². The van der Waals surface area contributed by atoms with E-state index in [9.17, 15) is 5.26 Å². The van der Waals surface area contributed by atoms with E-state index >= 15 is 0 Å². The number of hydrogen-bond acceptors (Lipinski definition) is 3. The molecular formula is C29H33NO2. The Morgan fingerprint density at radius 3 is 1.59 bits per heavy atom. The van der Waals surface area contributed by atoms with Crippen molar-refractivity contribution in [2.24, 2.45) is 0 Å². The molecule has 0 aliphatic heterocycles. The average Bonchev–Trinajstić information content (AvgIpc) is 3.52. The van der Waals surface area contributed by atoms with Gasteiger partial charge in [-0.15, -0.1) is 0 Å². The molecule has 0 N–H and O–H groups in total. The molecule has 2 fully saturated rings. The predicted octanol–water partition coefficient (Wildman–Crippen LogP) is 7.66. The van der Waals surface area contributed by atoms with Crippen molar-refractivity contribution >= 4 is 12.2 Å². The second-order valence-electron chi connectivity index (χ2n) is 8.94. The highest BCUT2D eigenvalue weighted by Gasteiger charge is 2.18. The SMILES string of the molecule is COc1ccc(C(CC#N)c2ccc(OC)c(C=C3CCCC3)c2)cc1C=C1CCCC1. The van der Waals surface area contributed by atoms with Gasteiger partial charge in [0.05, 0.1) is 20.3 Å². The minimum atomic E-state index is 0.0123. The summed E-state index contributed by atoms with van der Waals surface area (Å²) in [5.74, 6) is 1.80. The second kappa shape index (κ2) is 10.6. The summed E-state index contributed by atoms with van der Waals surface area (Å²) in [5, 5.41) is 9.64. The van der Waals surface area contributed by atoms with Crippen LogP contribution < -0.4 is 9.47 Å². The van der Waals surface area contributed by atoms with Crippen LogP contribution in [0.25, 0.3) is 12.2 Å². The minimum Gasteiger partial charge on any atom is -0.496 e. The number of ether oxygens (including phenoxy) is 2. The fourth-order valence-electron chi connectivity index (χ4n) is 5.07. The van der Waals surface area contributed by atoms with Crippen LogP contribution in [0.3, 0.4) is 0 Å². The molecule has 0 aromatic heterocycles. The summed E-state index contributed by atoms with van der Waals surface area (Å²) < 4.78 is 11.3. The van der Waals surface area contributed by atoms with Crippen molar-refractivity contribution in [1.29, 1.82) is 5.26 Å². The number of methoxy groups -OCH3 is 2. The molecule has 0 heterocycles. The molecule has 2 aliphatic rings. The monoisotopic (exact) mass is 427 g/mol. The van der Waals surface area contributed by atoms with E-state index in [2.05, 4.69) is 42.5 Å². The van der Waals surface area contributed by atoms with Crippen LogP contribution in [0.1, 0.15) is 86.0 Å². The predicted molar refractivity (Wildman–Crippen MR) is 131 cm³/mol. The number of nitrogens with zero attached hydrogens (tertiary/aromatic N) is 1. The first-order valence-corrected chi connectivity index (χ1v) is 11.8. The lowest BCUT2D eigenvalue weighted by molar-refractivity contribution is 0.413. The average molecular weight is 428 g/mol. The van der Waals surface area contributed by atoms with Crippen molar-refractivity contribution in [3.8, 4) is 17.6 Å². The minimum absolute atomic E-state index is 0.0123. The number of hydrogen-bond donors (Lipinski definition) is 0. The van der Waals surface area contributed by atoms with E-state index in [1.54, 1.807) is 14.2 Å². The van der Waals surface area contributed by atoms with Gasteiger partial charge in [-0.05, 0) is 86.8 Å². The molecule has 2 saturated carbocycles. The van der Waals surface area contributed by atoms with Crippen molar-refractivity contribution in [1.82, 2.24) is 0 Å². The smallest absolute Gasteiger partial charge is 0.126 e. The van der Waals surface area contributed by atoms with Crippen LogP contribution in [-0.2, 0) is 0 Å². The quantitative estimate of drug-likeness (QED) is 0.455. The van der Waals surface area contributed by atoms with Crippen molar-refractivity contribution in [3.05, 3.63) is 69.8 Å². The van der Waals surface area contributed by atoms with Gasteiger partial charge in [0.1, 0.15) is 11.5 Å². The Labute approximate surface area is 192 Å². The highest BCUT2D eigenvalue weighted by molar-refractivity contribution is 5.64. The van der Waals surface area contributed by atoms with Crippen molar-refractivity contribution in [3.63, 3.8) is 0 Å². The van der Waals surface area contributed by atoms with Crippen LogP contribution in [0, 0.1) is 11.3 Å². The van der Waals surface area contributed by atoms with Gasteiger partial charge in [-0.1, -0.05) is 35.4 Å². The first kappa shape index (κ1) is 22.2. The van der Waals surface area contributed by atoms with Crippen molar-refractivity contribution in [2.45, 2.75) is 63.7 Å². The molecule has 0 bridgehead atoms. The first-order valence-electron chi connectivity index (χ1n) is 11.8. The Morgan fingerprint density at radius 2 is 1.22 bits per heavy atom. The summed E-state index contributed by atoms with van der Waals surface area (Å²) in [7, 11) is 3.45. The van der Waals surface area contributed by atoms with E-state index < -0.39 is 0 Å². The molecule has 2 aromatic carbocycles. The lowest BCUT2D eigenvalue weighted by atomic mass is 9.86. The standard InChI is InChI=1S/C29H33NO2/c1-31-28-13-11-23(19-25(28)17-21-7-3-4-8-21)27(15-16-30)24-12-14-29(32-2)26(20-24)18-22-9-5-6-10-22/h11-14,17-20,27H,3-10,15H2,1-2H3. The third-order valence-electron chi connectivity index (χ3n) is 6.82. The van der Waals surface area contributed by atoms with Gasteiger partial charge in [0.2, 0.25) is 0 Å². The van der Waals surface area contributed by atoms with Gasteiger partial charge in [0.25, 0.3) is 0 Å². The van der Waals surface area contributed by atoms with Crippen molar-refractivity contribution < 1.29 is 9.47 Å². The lowest BCUT2D eigenvalue weighted by Crippen LogP contribution is -2.03. The maximum Gasteiger partial charge on any atom is 0.126 e. The summed E-state index contributed by atoms with van der Waals surface area (Å²) in [5.41, 5.74) is 7.53. The summed E-state index contributed by atoms with van der Waals surface area (Å²) in [6, 6.07) is 15.2. The van der Waals surface area contributed by atoms with Crippen LogP contribution in [0.2, 0.25) is 0 Å². The van der Waals surface area contributed by atoms with E-state index in [1.807, 2.05) is 12.1 Å². The van der Waals surface area contributed by atoms with E-state index in [4.69, 9.17) is 9.47 Å². The van der Waals surface area contributed by atoms with Gasteiger partial charge in [0.15, 0.2) is 0 Å². The summed E-state index contributed by atoms with van der Waals surface area (Å²) in [6.45, 7) is 0. The number of nitriles is 1. The largest absolute Gasteiger partial charge is 0.496 e. The first-order chi connectivity index (χ1) is 15.7. The van der Waals surface area contributed by atoms with Gasteiger partial charge in [-0.2, -0.15) is 5.26 Å². The van der Waals surface area contributed by atoms with Crippen LogP contribution in [0.4, 0.5) is 0 Å². The summed E-state index contributed by atoms with van der Waals surface area (Å²) in [6.07, 6.45) is 14.8. The highest BCUT2D eigenvalue weighted by Crippen LogP contribution is 2.37. The molecule has 0 radical (unpaired) electrons. The fourth-order valence-corrected chi connectivity index (χ4v) is 5.07. The topological polar surface area (TPSA) is 42.2 Å². The lowest BCUT2D eigenvalue weighted by Gasteiger charge is -2.19. The summed E-state index contributed by atoms with van der Waals surface area (Å²) >= 11 is 0. The normalized spacial score (nSPS) is 15.7. The Hall–Kier alpha value is -2.99. The van der Waals surface area contributed by atoms with E-state index in [0.29, 0.717) is 6.42 Å². The van der Waals surface area contributed by atoms with Crippen LogP contribution in [-0.4, -0.2) is 14.2 Å². The Balaban J connectivity index is 1.73. The van der Waals surface area contributed by atoms with Gasteiger partial charge in [0, 0.05) is 23.5 Å². The summed E-state index contributed by atoms with van der Waals surface area (Å²) in [4.78, 5) is 0. The van der Waals surface area contributed by atoms with E-state index in [1.165, 1.54) is 62.5 Å². The molecule has 4 rings (SSSR count). The maximum absolute atomic E-state index is 9.64. The molecule has 2 aromatic rings. The number of allylic oxidation sites excluding steroid dienone is 2. The van der Waals surface area contributed by atoms with Crippen molar-refractivity contribution in [2.75, 3.05) is 14.2 Å². The van der Waals surface area contributed by atoms with Gasteiger partial charge >= 0.3 is 0 Å². The molecule has 0 amide bonds. The molecule has 0 saturated heterocycles. The highest BCUT2D eigenvalue weighted by atomic mass is 16.5. The molecule has 166 valence electrons. The zero-order chi connectivity index (χ0) is 22.3. The molecule has 0 spiro atoms. The second-order valence-corrected chi connectivity index (χ2v) is 8.94. The van der Waals surface area contributed by atoms with Gasteiger partial charge < -0.3 is 9.47 Å². The molecular weight excluding hydrogens is 394 g/mol. The molecule has 0 unspecified atom stereocenters. The molecule has 32 heavy (non-hydrogen) atoms. The number of benzene rings is 2. The zero-order valence-corrected chi connectivity index (χ0v) is 19.3. The fraction of sp³-hybridized carbons (Fsp3) is 0.414. The third kappa shape index (κ3) is 5.07. The van der Waals surface area contributed by atoms with E-state index in [-0.39, 0.29) is 5.92 Å². The van der Waals surface area contributed by atoms with E-state index in [0.717, 1.165) is 33.8 Å². The molecule has 0 atom stereocenters. The van der Waals surface area contributed by atoms with Crippen LogP contribution >= 0.6 is 0 Å². The number of rotatable bonds is 7. The molecule has 2 aliphatic carbocycles.